The monoisotopic (exact) mass is 368 g/mol. The Labute approximate surface area is 156 Å². The van der Waals surface area contributed by atoms with Crippen LogP contribution in [-0.2, 0) is 13.2 Å². The van der Waals surface area contributed by atoms with Gasteiger partial charge in [0.2, 0.25) is 0 Å². The molecule has 7 heteroatoms. The second kappa shape index (κ2) is 7.81. The predicted octanol–water partition coefficient (Wildman–Crippen LogP) is 3.63. The lowest BCUT2D eigenvalue weighted by Gasteiger charge is -2.06. The quantitative estimate of drug-likeness (QED) is 0.718. The summed E-state index contributed by atoms with van der Waals surface area (Å²) in [5, 5.41) is 14.3. The minimum atomic E-state index is 0.202. The molecule has 2 N–H and O–H groups in total. The fraction of sp³-hybridized carbons (Fsp3) is 0.158. The van der Waals surface area contributed by atoms with Crippen molar-refractivity contribution in [1.82, 2.24) is 9.78 Å². The number of nitrogen functional groups attached to an aromatic ring is 1. The summed E-state index contributed by atoms with van der Waals surface area (Å²) < 4.78 is 12.4. The van der Waals surface area contributed by atoms with Crippen molar-refractivity contribution >= 4 is 17.4 Å². The number of nitrogens with two attached hydrogens (primary N) is 1. The van der Waals surface area contributed by atoms with Crippen LogP contribution < -0.4 is 15.2 Å². The molecule has 0 aliphatic heterocycles. The Bertz CT molecular complexity index is 945. The van der Waals surface area contributed by atoms with Crippen molar-refractivity contribution in [2.45, 2.75) is 13.2 Å². The number of aromatic nitrogens is 2. The number of ether oxygens (including phenoxy) is 2. The lowest BCUT2D eigenvalue weighted by atomic mass is 10.2. The smallest absolute Gasteiger partial charge is 0.253 e. The zero-order valence-corrected chi connectivity index (χ0v) is 14.9. The standard InChI is InChI=1S/C19H17ClN4O2/c1-25-15-8-6-13(7-9-15)12-26-19-16(10-21)18(22)24(23-19)11-14-4-2-3-5-17(14)20/h2-9H,11-12,22H2,1H3. The topological polar surface area (TPSA) is 86.1 Å². The van der Waals surface area contributed by atoms with Gasteiger partial charge in [-0.15, -0.1) is 5.10 Å². The molecule has 0 atom stereocenters. The third-order valence-corrected chi connectivity index (χ3v) is 4.25. The third kappa shape index (κ3) is 3.73. The zero-order valence-electron chi connectivity index (χ0n) is 14.1. The van der Waals surface area contributed by atoms with Crippen molar-refractivity contribution in [3.05, 3.63) is 70.2 Å². The van der Waals surface area contributed by atoms with Gasteiger partial charge in [0.05, 0.1) is 13.7 Å². The first-order valence-corrected chi connectivity index (χ1v) is 8.25. The van der Waals surface area contributed by atoms with Crippen molar-refractivity contribution in [2.24, 2.45) is 0 Å². The average molecular weight is 369 g/mol. The summed E-state index contributed by atoms with van der Waals surface area (Å²) in [7, 11) is 1.61. The molecule has 1 heterocycles. The van der Waals surface area contributed by atoms with E-state index < -0.39 is 0 Å². The van der Waals surface area contributed by atoms with Crippen LogP contribution in [0, 0.1) is 11.3 Å². The van der Waals surface area contributed by atoms with E-state index in [0.717, 1.165) is 16.9 Å². The molecule has 1 aromatic heterocycles. The highest BCUT2D eigenvalue weighted by Gasteiger charge is 2.17. The molecule has 0 amide bonds. The molecule has 3 rings (SSSR count). The van der Waals surface area contributed by atoms with E-state index in [9.17, 15) is 5.26 Å². The average Bonchev–Trinajstić information content (AvgIpc) is 2.97. The number of benzene rings is 2. The molecule has 0 radical (unpaired) electrons. The Hall–Kier alpha value is -3.17. The van der Waals surface area contributed by atoms with Gasteiger partial charge in [0.15, 0.2) is 5.56 Å². The van der Waals surface area contributed by atoms with Crippen LogP contribution >= 0.6 is 11.6 Å². The van der Waals surface area contributed by atoms with Crippen LogP contribution in [0.25, 0.3) is 0 Å². The van der Waals surface area contributed by atoms with Crippen LogP contribution in [0.2, 0.25) is 5.02 Å². The number of hydrogen-bond acceptors (Lipinski definition) is 5. The highest BCUT2D eigenvalue weighted by Crippen LogP contribution is 2.26. The molecule has 0 bridgehead atoms. The first kappa shape index (κ1) is 17.6. The largest absolute Gasteiger partial charge is 0.497 e. The van der Waals surface area contributed by atoms with Gasteiger partial charge >= 0.3 is 0 Å². The minimum absolute atomic E-state index is 0.202. The van der Waals surface area contributed by atoms with Crippen LogP contribution in [0.4, 0.5) is 5.82 Å². The predicted molar refractivity (Wildman–Crippen MR) is 99.2 cm³/mol. The molecule has 0 aliphatic rings. The van der Waals surface area contributed by atoms with E-state index in [1.165, 1.54) is 4.68 Å². The zero-order chi connectivity index (χ0) is 18.5. The molecule has 0 aliphatic carbocycles. The molecule has 132 valence electrons. The van der Waals surface area contributed by atoms with Crippen LogP contribution in [-0.4, -0.2) is 16.9 Å². The van der Waals surface area contributed by atoms with Gasteiger partial charge in [0.25, 0.3) is 5.88 Å². The Kier molecular flexibility index (Phi) is 5.30. The molecule has 0 fully saturated rings. The number of methoxy groups -OCH3 is 1. The second-order valence-electron chi connectivity index (χ2n) is 5.56. The van der Waals surface area contributed by atoms with Crippen LogP contribution in [0.3, 0.4) is 0 Å². The highest BCUT2D eigenvalue weighted by atomic mass is 35.5. The Morgan fingerprint density at radius 2 is 1.92 bits per heavy atom. The maximum Gasteiger partial charge on any atom is 0.253 e. The third-order valence-electron chi connectivity index (χ3n) is 3.88. The fourth-order valence-corrected chi connectivity index (χ4v) is 2.64. The lowest BCUT2D eigenvalue weighted by Crippen LogP contribution is -2.06. The molecular formula is C19H17ClN4O2. The first-order valence-electron chi connectivity index (χ1n) is 7.88. The SMILES string of the molecule is COc1ccc(COc2nn(Cc3ccccc3Cl)c(N)c2C#N)cc1. The maximum atomic E-state index is 9.39. The number of hydrogen-bond donors (Lipinski definition) is 1. The minimum Gasteiger partial charge on any atom is -0.497 e. The first-order chi connectivity index (χ1) is 12.6. The molecule has 0 saturated heterocycles. The van der Waals surface area contributed by atoms with E-state index in [0.29, 0.717) is 11.6 Å². The summed E-state index contributed by atoms with van der Waals surface area (Å²) in [6, 6.07) is 16.9. The Balaban J connectivity index is 1.79. The highest BCUT2D eigenvalue weighted by molar-refractivity contribution is 6.31. The van der Waals surface area contributed by atoms with E-state index in [2.05, 4.69) is 11.2 Å². The number of rotatable bonds is 6. The summed E-state index contributed by atoms with van der Waals surface area (Å²) in [4.78, 5) is 0. The van der Waals surface area contributed by atoms with Gasteiger partial charge in [0.1, 0.15) is 24.2 Å². The molecule has 6 nitrogen and oxygen atoms in total. The summed E-state index contributed by atoms with van der Waals surface area (Å²) >= 11 is 6.18. The van der Waals surface area contributed by atoms with Gasteiger partial charge in [-0.2, -0.15) is 5.26 Å². The van der Waals surface area contributed by atoms with Gasteiger partial charge in [-0.05, 0) is 29.3 Å². The van der Waals surface area contributed by atoms with Crippen molar-refractivity contribution < 1.29 is 9.47 Å². The van der Waals surface area contributed by atoms with E-state index in [1.54, 1.807) is 13.2 Å². The molecule has 2 aromatic carbocycles. The van der Waals surface area contributed by atoms with Crippen LogP contribution in [0.5, 0.6) is 11.6 Å². The van der Waals surface area contributed by atoms with E-state index >= 15 is 0 Å². The molecule has 0 saturated carbocycles. The molecule has 0 unspecified atom stereocenters. The van der Waals surface area contributed by atoms with E-state index in [1.807, 2.05) is 42.5 Å². The fourth-order valence-electron chi connectivity index (χ4n) is 2.44. The van der Waals surface area contributed by atoms with Gasteiger partial charge < -0.3 is 15.2 Å². The van der Waals surface area contributed by atoms with E-state index in [4.69, 9.17) is 26.8 Å². The Morgan fingerprint density at radius 1 is 1.19 bits per heavy atom. The van der Waals surface area contributed by atoms with Crippen LogP contribution in [0.15, 0.2) is 48.5 Å². The van der Waals surface area contributed by atoms with Gasteiger partial charge in [-0.25, -0.2) is 4.68 Å². The summed E-state index contributed by atoms with van der Waals surface area (Å²) in [6.45, 7) is 0.618. The Morgan fingerprint density at radius 3 is 2.58 bits per heavy atom. The van der Waals surface area contributed by atoms with Crippen LogP contribution in [0.1, 0.15) is 16.7 Å². The van der Waals surface area contributed by atoms with Crippen molar-refractivity contribution in [3.8, 4) is 17.7 Å². The number of halogens is 1. The molecular weight excluding hydrogens is 352 g/mol. The van der Waals surface area contributed by atoms with Crippen molar-refractivity contribution in [1.29, 1.82) is 5.26 Å². The number of nitrogens with zero attached hydrogens (tertiary/aromatic N) is 3. The summed E-state index contributed by atoms with van der Waals surface area (Å²) in [5.41, 5.74) is 8.05. The van der Waals surface area contributed by atoms with E-state index in [-0.39, 0.29) is 23.9 Å². The summed E-state index contributed by atoms with van der Waals surface area (Å²) in [6.07, 6.45) is 0. The second-order valence-corrected chi connectivity index (χ2v) is 5.97. The number of nitriles is 1. The lowest BCUT2D eigenvalue weighted by molar-refractivity contribution is 0.289. The van der Waals surface area contributed by atoms with Crippen molar-refractivity contribution in [2.75, 3.05) is 12.8 Å². The normalized spacial score (nSPS) is 10.3. The molecule has 0 spiro atoms. The molecule has 3 aromatic rings. The van der Waals surface area contributed by atoms with Gasteiger partial charge in [-0.3, -0.25) is 0 Å². The summed E-state index contributed by atoms with van der Waals surface area (Å²) in [5.74, 6) is 1.21. The van der Waals surface area contributed by atoms with Crippen molar-refractivity contribution in [3.63, 3.8) is 0 Å². The van der Waals surface area contributed by atoms with Gasteiger partial charge in [0, 0.05) is 5.02 Å². The number of anilines is 1. The molecule has 26 heavy (non-hydrogen) atoms. The maximum absolute atomic E-state index is 9.39. The van der Waals surface area contributed by atoms with Gasteiger partial charge in [-0.1, -0.05) is 41.9 Å².